The summed E-state index contributed by atoms with van der Waals surface area (Å²) >= 11 is 0. The number of anilines is 2. The molecule has 0 unspecified atom stereocenters. The van der Waals surface area contributed by atoms with Crippen molar-refractivity contribution in [2.24, 2.45) is 4.99 Å². The van der Waals surface area contributed by atoms with Crippen molar-refractivity contribution in [3.63, 3.8) is 0 Å². The van der Waals surface area contributed by atoms with Crippen LogP contribution < -0.4 is 9.80 Å². The molecular weight excluding hydrogens is 442 g/mol. The minimum absolute atomic E-state index is 0.214. The number of morpholine rings is 1. The van der Waals surface area contributed by atoms with Crippen molar-refractivity contribution in [3.05, 3.63) is 83.4 Å². The van der Waals surface area contributed by atoms with Crippen LogP contribution in [0.4, 0.5) is 11.5 Å². The number of hydrogen-bond donors (Lipinski definition) is 0. The highest BCUT2D eigenvalue weighted by Gasteiger charge is 2.22. The third kappa shape index (κ3) is 5.04. The van der Waals surface area contributed by atoms with Gasteiger partial charge in [0.15, 0.2) is 11.3 Å². The summed E-state index contributed by atoms with van der Waals surface area (Å²) in [6, 6.07) is 15.5. The van der Waals surface area contributed by atoms with Gasteiger partial charge in [0, 0.05) is 56.6 Å². The molecule has 9 heteroatoms. The summed E-state index contributed by atoms with van der Waals surface area (Å²) in [6.07, 6.45) is 5.18. The number of carbonyl (C=O) groups excluding carboxylic acids is 1. The SMILES string of the molecule is Cc1cccc(C=NCc2cc(N3CCOCC3)n3nc(C(=O)N(C)c4ccncc4)cc3n2)c1. The fourth-order valence-corrected chi connectivity index (χ4v) is 4.06. The zero-order chi connectivity index (χ0) is 24.2. The van der Waals surface area contributed by atoms with Gasteiger partial charge in [-0.3, -0.25) is 14.8 Å². The number of hydrogen-bond acceptors (Lipinski definition) is 7. The quantitative estimate of drug-likeness (QED) is 0.403. The molecule has 9 nitrogen and oxygen atoms in total. The average molecular weight is 470 g/mol. The van der Waals surface area contributed by atoms with Crippen molar-refractivity contribution in [2.75, 3.05) is 43.2 Å². The van der Waals surface area contributed by atoms with E-state index in [1.807, 2.05) is 24.4 Å². The maximum absolute atomic E-state index is 13.2. The van der Waals surface area contributed by atoms with E-state index in [1.165, 1.54) is 5.56 Å². The van der Waals surface area contributed by atoms with Crippen molar-refractivity contribution in [2.45, 2.75) is 13.5 Å². The van der Waals surface area contributed by atoms with Crippen LogP contribution >= 0.6 is 0 Å². The molecule has 0 atom stereocenters. The number of aryl methyl sites for hydroxylation is 1. The van der Waals surface area contributed by atoms with Crippen molar-refractivity contribution >= 4 is 29.3 Å². The largest absolute Gasteiger partial charge is 0.378 e. The van der Waals surface area contributed by atoms with Gasteiger partial charge in [0.1, 0.15) is 5.82 Å². The Morgan fingerprint density at radius 3 is 2.71 bits per heavy atom. The molecule has 5 rings (SSSR count). The minimum atomic E-state index is -0.214. The van der Waals surface area contributed by atoms with Crippen LogP contribution in [-0.4, -0.2) is 65.1 Å². The smallest absolute Gasteiger partial charge is 0.278 e. The third-order valence-electron chi connectivity index (χ3n) is 5.91. The zero-order valence-corrected chi connectivity index (χ0v) is 19.8. The molecule has 1 amide bonds. The molecule has 3 aromatic heterocycles. The van der Waals surface area contributed by atoms with E-state index in [0.717, 1.165) is 35.9 Å². The summed E-state index contributed by atoms with van der Waals surface area (Å²) in [6.45, 7) is 5.25. The van der Waals surface area contributed by atoms with Gasteiger partial charge in [-0.1, -0.05) is 29.8 Å². The molecule has 0 aliphatic carbocycles. The molecule has 1 saturated heterocycles. The van der Waals surface area contributed by atoms with E-state index in [-0.39, 0.29) is 5.91 Å². The lowest BCUT2D eigenvalue weighted by molar-refractivity contribution is 0.0988. The van der Waals surface area contributed by atoms with E-state index in [0.29, 0.717) is 31.1 Å². The zero-order valence-electron chi connectivity index (χ0n) is 19.8. The standard InChI is InChI=1S/C26H27N7O2/c1-19-4-3-5-20(14-19)17-28-18-21-15-25(32-10-12-35-13-11-32)33-24(29-21)16-23(30-33)26(34)31(2)22-6-8-27-9-7-22/h3-9,14-17H,10-13,18H2,1-2H3. The number of nitrogens with zero attached hydrogens (tertiary/aromatic N) is 7. The highest BCUT2D eigenvalue weighted by atomic mass is 16.5. The van der Waals surface area contributed by atoms with Crippen LogP contribution in [0.5, 0.6) is 0 Å². The van der Waals surface area contributed by atoms with Crippen molar-refractivity contribution < 1.29 is 9.53 Å². The number of aromatic nitrogens is 4. The van der Waals surface area contributed by atoms with E-state index >= 15 is 0 Å². The van der Waals surface area contributed by atoms with E-state index < -0.39 is 0 Å². The van der Waals surface area contributed by atoms with Crippen LogP contribution in [0, 0.1) is 6.92 Å². The first-order chi connectivity index (χ1) is 17.1. The number of rotatable bonds is 6. The van der Waals surface area contributed by atoms with Gasteiger partial charge in [0.05, 0.1) is 25.5 Å². The Morgan fingerprint density at radius 1 is 1.14 bits per heavy atom. The number of pyridine rings is 1. The van der Waals surface area contributed by atoms with Gasteiger partial charge in [-0.15, -0.1) is 0 Å². The first-order valence-electron chi connectivity index (χ1n) is 11.6. The van der Waals surface area contributed by atoms with Gasteiger partial charge >= 0.3 is 0 Å². The topological polar surface area (TPSA) is 88.2 Å². The minimum Gasteiger partial charge on any atom is -0.378 e. The van der Waals surface area contributed by atoms with Crippen molar-refractivity contribution in [3.8, 4) is 0 Å². The van der Waals surface area contributed by atoms with E-state index in [2.05, 4.69) is 39.0 Å². The molecule has 0 bridgehead atoms. The molecule has 4 aromatic rings. The Hall–Kier alpha value is -4.11. The van der Waals surface area contributed by atoms with Crippen LogP contribution in [0.2, 0.25) is 0 Å². The van der Waals surface area contributed by atoms with E-state index in [4.69, 9.17) is 9.72 Å². The van der Waals surface area contributed by atoms with Crippen molar-refractivity contribution in [1.82, 2.24) is 19.6 Å². The molecular formula is C26H27N7O2. The van der Waals surface area contributed by atoms with Gasteiger partial charge in [0.2, 0.25) is 0 Å². The third-order valence-corrected chi connectivity index (χ3v) is 5.91. The Balaban J connectivity index is 1.47. The van der Waals surface area contributed by atoms with E-state index in [9.17, 15) is 4.79 Å². The van der Waals surface area contributed by atoms with Crippen LogP contribution in [-0.2, 0) is 11.3 Å². The summed E-state index contributed by atoms with van der Waals surface area (Å²) in [5.41, 5.74) is 4.74. The van der Waals surface area contributed by atoms with Crippen LogP contribution in [0.25, 0.3) is 5.65 Å². The number of carbonyl (C=O) groups is 1. The first-order valence-corrected chi connectivity index (χ1v) is 11.6. The van der Waals surface area contributed by atoms with Gasteiger partial charge in [-0.05, 0) is 24.6 Å². The second-order valence-electron chi connectivity index (χ2n) is 8.46. The average Bonchev–Trinajstić information content (AvgIpc) is 3.33. The first kappa shape index (κ1) is 22.7. The van der Waals surface area contributed by atoms with Gasteiger partial charge in [0.25, 0.3) is 5.91 Å². The second-order valence-corrected chi connectivity index (χ2v) is 8.46. The summed E-state index contributed by atoms with van der Waals surface area (Å²) < 4.78 is 7.28. The molecule has 4 heterocycles. The highest BCUT2D eigenvalue weighted by Crippen LogP contribution is 2.22. The Bertz CT molecular complexity index is 1360. The molecule has 1 fully saturated rings. The number of aliphatic imine (C=N–C) groups is 1. The summed E-state index contributed by atoms with van der Waals surface area (Å²) in [4.78, 5) is 30.4. The lowest BCUT2D eigenvalue weighted by atomic mass is 10.1. The fourth-order valence-electron chi connectivity index (χ4n) is 4.06. The molecule has 0 radical (unpaired) electrons. The lowest BCUT2D eigenvalue weighted by Crippen LogP contribution is -2.37. The molecule has 1 aliphatic rings. The summed E-state index contributed by atoms with van der Waals surface area (Å²) in [5, 5.41) is 4.64. The van der Waals surface area contributed by atoms with E-state index in [1.54, 1.807) is 47.1 Å². The second kappa shape index (κ2) is 10.0. The molecule has 1 aromatic carbocycles. The fraction of sp³-hybridized carbons (Fsp3) is 0.269. The molecule has 0 N–H and O–H groups in total. The predicted octanol–water partition coefficient (Wildman–Crippen LogP) is 3.17. The maximum Gasteiger partial charge on any atom is 0.278 e. The Labute approximate surface area is 203 Å². The monoisotopic (exact) mass is 469 g/mol. The Morgan fingerprint density at radius 2 is 1.94 bits per heavy atom. The predicted molar refractivity (Wildman–Crippen MR) is 135 cm³/mol. The number of amides is 1. The molecule has 35 heavy (non-hydrogen) atoms. The molecule has 1 aliphatic heterocycles. The number of ether oxygens (including phenoxy) is 1. The summed E-state index contributed by atoms with van der Waals surface area (Å²) in [5.74, 6) is 0.665. The summed E-state index contributed by atoms with van der Waals surface area (Å²) in [7, 11) is 1.73. The van der Waals surface area contributed by atoms with Crippen LogP contribution in [0.1, 0.15) is 27.3 Å². The molecule has 178 valence electrons. The van der Waals surface area contributed by atoms with Gasteiger partial charge in [-0.25, -0.2) is 4.98 Å². The van der Waals surface area contributed by atoms with Gasteiger partial charge in [-0.2, -0.15) is 9.61 Å². The molecule has 0 spiro atoms. The maximum atomic E-state index is 13.2. The van der Waals surface area contributed by atoms with Crippen LogP contribution in [0.15, 0.2) is 65.9 Å². The van der Waals surface area contributed by atoms with Crippen molar-refractivity contribution in [1.29, 1.82) is 0 Å². The normalized spacial score (nSPS) is 14.1. The highest BCUT2D eigenvalue weighted by molar-refractivity contribution is 6.05. The Kier molecular flexibility index (Phi) is 6.49. The molecule has 0 saturated carbocycles. The lowest BCUT2D eigenvalue weighted by Gasteiger charge is -2.29. The number of benzene rings is 1. The van der Waals surface area contributed by atoms with Gasteiger partial charge < -0.3 is 14.5 Å². The number of fused-ring (bicyclic) bond motifs is 1. The van der Waals surface area contributed by atoms with Crippen LogP contribution in [0.3, 0.4) is 0 Å².